The van der Waals surface area contributed by atoms with Crippen LogP contribution >= 0.6 is 0 Å². The molecule has 0 aliphatic heterocycles. The molecule has 2 nitrogen and oxygen atoms in total. The molecule has 3 fully saturated rings. The lowest BCUT2D eigenvalue weighted by Crippen LogP contribution is -2.44. The molecule has 21 heavy (non-hydrogen) atoms. The highest BCUT2D eigenvalue weighted by atomic mass is 16.5. The van der Waals surface area contributed by atoms with E-state index in [0.29, 0.717) is 16.4 Å². The van der Waals surface area contributed by atoms with Crippen LogP contribution in [-0.4, -0.2) is 13.1 Å². The van der Waals surface area contributed by atoms with Crippen molar-refractivity contribution in [1.82, 2.24) is 0 Å². The van der Waals surface area contributed by atoms with E-state index in [-0.39, 0.29) is 5.97 Å². The summed E-state index contributed by atoms with van der Waals surface area (Å²) in [4.78, 5) is 11.6. The van der Waals surface area contributed by atoms with E-state index in [9.17, 15) is 4.79 Å². The summed E-state index contributed by atoms with van der Waals surface area (Å²) in [5.74, 6) is -0.242. The first kappa shape index (κ1) is 14.6. The Kier molecular flexibility index (Phi) is 3.81. The Hall–Kier alpha value is -1.31. The standard InChI is InChI=1S/C19H26O2/c1-3-8-18-9-12-19(13-10-18,14-11-18)16-6-4-15(5-7-16)17(20)21-2/h4-7H,3,8-14H2,1-2H3. The normalized spacial score (nSPS) is 31.1. The Morgan fingerprint density at radius 2 is 1.62 bits per heavy atom. The van der Waals surface area contributed by atoms with Gasteiger partial charge in [-0.1, -0.05) is 25.5 Å². The first-order valence-corrected chi connectivity index (χ1v) is 8.32. The molecule has 1 aromatic rings. The lowest BCUT2D eigenvalue weighted by molar-refractivity contribution is 0.0320. The second-order valence-electron chi connectivity index (χ2n) is 7.10. The molecular formula is C19H26O2. The molecule has 2 heteroatoms. The van der Waals surface area contributed by atoms with Crippen molar-refractivity contribution in [2.45, 2.75) is 63.7 Å². The molecule has 0 heterocycles. The van der Waals surface area contributed by atoms with Crippen LogP contribution in [0.5, 0.6) is 0 Å². The minimum atomic E-state index is -0.242. The molecule has 0 saturated heterocycles. The fourth-order valence-corrected chi connectivity index (χ4v) is 4.68. The van der Waals surface area contributed by atoms with Gasteiger partial charge in [-0.05, 0) is 73.5 Å². The summed E-state index contributed by atoms with van der Waals surface area (Å²) in [7, 11) is 1.44. The number of esters is 1. The Morgan fingerprint density at radius 3 is 2.10 bits per heavy atom. The van der Waals surface area contributed by atoms with Gasteiger partial charge in [-0.25, -0.2) is 4.79 Å². The zero-order valence-corrected chi connectivity index (χ0v) is 13.3. The van der Waals surface area contributed by atoms with Crippen molar-refractivity contribution in [3.05, 3.63) is 35.4 Å². The summed E-state index contributed by atoms with van der Waals surface area (Å²) < 4.78 is 4.78. The van der Waals surface area contributed by atoms with Crippen LogP contribution in [0.25, 0.3) is 0 Å². The topological polar surface area (TPSA) is 26.3 Å². The number of carbonyl (C=O) groups is 1. The summed E-state index contributed by atoms with van der Waals surface area (Å²) in [5.41, 5.74) is 3.12. The summed E-state index contributed by atoms with van der Waals surface area (Å²) >= 11 is 0. The maximum atomic E-state index is 11.6. The van der Waals surface area contributed by atoms with Gasteiger partial charge in [0.1, 0.15) is 0 Å². The maximum absolute atomic E-state index is 11.6. The molecule has 114 valence electrons. The van der Waals surface area contributed by atoms with Crippen molar-refractivity contribution >= 4 is 5.97 Å². The van der Waals surface area contributed by atoms with Crippen LogP contribution in [0.4, 0.5) is 0 Å². The first-order chi connectivity index (χ1) is 10.1. The van der Waals surface area contributed by atoms with E-state index in [1.165, 1.54) is 64.0 Å². The third kappa shape index (κ3) is 2.49. The maximum Gasteiger partial charge on any atom is 0.337 e. The minimum Gasteiger partial charge on any atom is -0.465 e. The van der Waals surface area contributed by atoms with E-state index in [1.807, 2.05) is 12.1 Å². The minimum absolute atomic E-state index is 0.242. The van der Waals surface area contributed by atoms with Crippen molar-refractivity contribution in [1.29, 1.82) is 0 Å². The third-order valence-corrected chi connectivity index (χ3v) is 6.10. The quantitative estimate of drug-likeness (QED) is 0.738. The lowest BCUT2D eigenvalue weighted by atomic mass is 9.51. The number of hydrogen-bond acceptors (Lipinski definition) is 2. The zero-order valence-electron chi connectivity index (χ0n) is 13.3. The van der Waals surface area contributed by atoms with E-state index in [4.69, 9.17) is 4.74 Å². The molecule has 3 aliphatic carbocycles. The smallest absolute Gasteiger partial charge is 0.337 e. The highest BCUT2D eigenvalue weighted by Crippen LogP contribution is 2.59. The van der Waals surface area contributed by atoms with Gasteiger partial charge in [-0.3, -0.25) is 0 Å². The van der Waals surface area contributed by atoms with Gasteiger partial charge in [-0.15, -0.1) is 0 Å². The van der Waals surface area contributed by atoms with Gasteiger partial charge >= 0.3 is 5.97 Å². The summed E-state index contributed by atoms with van der Waals surface area (Å²) in [6, 6.07) is 8.17. The summed E-state index contributed by atoms with van der Waals surface area (Å²) in [5, 5.41) is 0. The van der Waals surface area contributed by atoms with Crippen molar-refractivity contribution in [2.24, 2.45) is 5.41 Å². The third-order valence-electron chi connectivity index (χ3n) is 6.10. The SMILES string of the molecule is CCCC12CCC(c3ccc(C(=O)OC)cc3)(CC1)CC2. The van der Waals surface area contributed by atoms with Crippen LogP contribution in [0.15, 0.2) is 24.3 Å². The van der Waals surface area contributed by atoms with Crippen LogP contribution < -0.4 is 0 Å². The Balaban J connectivity index is 1.78. The summed E-state index contributed by atoms with van der Waals surface area (Å²) in [6.45, 7) is 2.32. The van der Waals surface area contributed by atoms with E-state index >= 15 is 0 Å². The van der Waals surface area contributed by atoms with E-state index < -0.39 is 0 Å². The van der Waals surface area contributed by atoms with Gasteiger partial charge in [0, 0.05) is 0 Å². The predicted octanol–water partition coefficient (Wildman–Crippen LogP) is 4.87. The van der Waals surface area contributed by atoms with Crippen LogP contribution in [-0.2, 0) is 10.2 Å². The predicted molar refractivity (Wildman–Crippen MR) is 84.5 cm³/mol. The molecule has 0 N–H and O–H groups in total. The molecule has 0 radical (unpaired) electrons. The molecule has 0 unspecified atom stereocenters. The Morgan fingerprint density at radius 1 is 1.05 bits per heavy atom. The van der Waals surface area contributed by atoms with Crippen LogP contribution in [0.1, 0.15) is 74.2 Å². The fourth-order valence-electron chi connectivity index (χ4n) is 4.68. The van der Waals surface area contributed by atoms with Gasteiger partial charge in [0.2, 0.25) is 0 Å². The number of carbonyl (C=O) groups excluding carboxylic acids is 1. The van der Waals surface area contributed by atoms with Gasteiger partial charge in [-0.2, -0.15) is 0 Å². The van der Waals surface area contributed by atoms with Gasteiger partial charge in [0.25, 0.3) is 0 Å². The molecule has 3 saturated carbocycles. The van der Waals surface area contributed by atoms with Crippen molar-refractivity contribution in [3.63, 3.8) is 0 Å². The second-order valence-corrected chi connectivity index (χ2v) is 7.10. The number of ether oxygens (including phenoxy) is 1. The average Bonchev–Trinajstić information content (AvgIpc) is 2.56. The highest BCUT2D eigenvalue weighted by molar-refractivity contribution is 5.89. The van der Waals surface area contributed by atoms with Crippen LogP contribution in [0, 0.1) is 5.41 Å². The molecule has 1 aromatic carbocycles. The molecule has 0 atom stereocenters. The molecule has 0 spiro atoms. The number of fused-ring (bicyclic) bond motifs is 3. The van der Waals surface area contributed by atoms with E-state index in [1.54, 1.807) is 0 Å². The zero-order chi connectivity index (χ0) is 14.9. The van der Waals surface area contributed by atoms with Crippen molar-refractivity contribution in [2.75, 3.05) is 7.11 Å². The number of methoxy groups -OCH3 is 1. The van der Waals surface area contributed by atoms with Crippen molar-refractivity contribution < 1.29 is 9.53 Å². The monoisotopic (exact) mass is 286 g/mol. The number of benzene rings is 1. The Bertz CT molecular complexity index is 490. The molecule has 2 bridgehead atoms. The molecule has 3 aliphatic rings. The van der Waals surface area contributed by atoms with Gasteiger partial charge < -0.3 is 4.74 Å². The molecule has 0 amide bonds. The molecular weight excluding hydrogens is 260 g/mol. The van der Waals surface area contributed by atoms with E-state index in [2.05, 4.69) is 19.1 Å². The molecule has 4 rings (SSSR count). The Labute approximate surface area is 127 Å². The fraction of sp³-hybridized carbons (Fsp3) is 0.632. The van der Waals surface area contributed by atoms with Gasteiger partial charge in [0.05, 0.1) is 12.7 Å². The highest BCUT2D eigenvalue weighted by Gasteiger charge is 2.48. The van der Waals surface area contributed by atoms with Crippen LogP contribution in [0.2, 0.25) is 0 Å². The largest absolute Gasteiger partial charge is 0.465 e. The van der Waals surface area contributed by atoms with Crippen LogP contribution in [0.3, 0.4) is 0 Å². The molecule has 0 aromatic heterocycles. The van der Waals surface area contributed by atoms with Gasteiger partial charge in [0.15, 0.2) is 0 Å². The second kappa shape index (κ2) is 5.47. The van der Waals surface area contributed by atoms with Crippen molar-refractivity contribution in [3.8, 4) is 0 Å². The lowest BCUT2D eigenvalue weighted by Gasteiger charge is -2.54. The number of hydrogen-bond donors (Lipinski definition) is 0. The van der Waals surface area contributed by atoms with E-state index in [0.717, 1.165) is 0 Å². The first-order valence-electron chi connectivity index (χ1n) is 8.32. The summed E-state index contributed by atoms with van der Waals surface area (Å²) in [6.07, 6.45) is 10.9. The average molecular weight is 286 g/mol. The number of rotatable bonds is 4.